The highest BCUT2D eigenvalue weighted by atomic mass is 16.2. The second-order valence-corrected chi connectivity index (χ2v) is 6.79. The highest BCUT2D eigenvalue weighted by Gasteiger charge is 2.61. The summed E-state index contributed by atoms with van der Waals surface area (Å²) in [5.41, 5.74) is 1.87. The van der Waals surface area contributed by atoms with E-state index in [9.17, 15) is 9.59 Å². The lowest BCUT2D eigenvalue weighted by molar-refractivity contribution is -0.139. The van der Waals surface area contributed by atoms with Gasteiger partial charge in [0, 0.05) is 24.8 Å². The van der Waals surface area contributed by atoms with E-state index < -0.39 is 0 Å². The number of aryl methyl sites for hydroxylation is 1. The van der Waals surface area contributed by atoms with Crippen LogP contribution in [0.4, 0.5) is 0 Å². The van der Waals surface area contributed by atoms with Crippen molar-refractivity contribution in [1.29, 1.82) is 0 Å². The Labute approximate surface area is 136 Å². The van der Waals surface area contributed by atoms with E-state index in [0.717, 1.165) is 30.8 Å². The van der Waals surface area contributed by atoms with Crippen molar-refractivity contribution in [3.8, 4) is 0 Å². The zero-order valence-corrected chi connectivity index (χ0v) is 13.5. The Hall–Kier alpha value is -2.01. The topological polar surface area (TPSA) is 53.5 Å². The van der Waals surface area contributed by atoms with Crippen LogP contribution in [0.2, 0.25) is 0 Å². The molecule has 4 heterocycles. The van der Waals surface area contributed by atoms with E-state index >= 15 is 0 Å². The maximum atomic E-state index is 12.5. The summed E-state index contributed by atoms with van der Waals surface area (Å²) in [5, 5.41) is 0. The maximum Gasteiger partial charge on any atom is 0.234 e. The van der Waals surface area contributed by atoms with Gasteiger partial charge in [-0.2, -0.15) is 0 Å². The van der Waals surface area contributed by atoms with Gasteiger partial charge in [-0.3, -0.25) is 24.4 Å². The molecule has 0 saturated carbocycles. The molecule has 0 bridgehead atoms. The van der Waals surface area contributed by atoms with E-state index in [1.54, 1.807) is 7.05 Å². The Morgan fingerprint density at radius 3 is 2.78 bits per heavy atom. The normalized spacial score (nSPS) is 33.7. The Bertz CT molecular complexity index is 699. The van der Waals surface area contributed by atoms with Crippen molar-refractivity contribution in [2.24, 2.45) is 11.8 Å². The molecule has 3 saturated heterocycles. The second kappa shape index (κ2) is 5.27. The maximum absolute atomic E-state index is 12.5. The summed E-state index contributed by atoms with van der Waals surface area (Å²) >= 11 is 0. The van der Waals surface area contributed by atoms with Gasteiger partial charge in [0.25, 0.3) is 0 Å². The van der Waals surface area contributed by atoms with Gasteiger partial charge in [-0.05, 0) is 44.5 Å². The second-order valence-electron chi connectivity index (χ2n) is 6.79. The highest BCUT2D eigenvalue weighted by molar-refractivity contribution is 6.06. The summed E-state index contributed by atoms with van der Waals surface area (Å²) in [6, 6.07) is 6.15. The summed E-state index contributed by atoms with van der Waals surface area (Å²) in [4.78, 5) is 33.1. The van der Waals surface area contributed by atoms with Crippen molar-refractivity contribution in [2.45, 2.75) is 31.8 Å². The van der Waals surface area contributed by atoms with Crippen molar-refractivity contribution < 1.29 is 9.59 Å². The SMILES string of the molecule is Cc1cccc(C=CC2C3C(=O)N(C)C(=O)C3C3CCCN23)n1. The van der Waals surface area contributed by atoms with E-state index in [1.807, 2.05) is 31.2 Å². The summed E-state index contributed by atoms with van der Waals surface area (Å²) in [5.74, 6) is -0.406. The first-order chi connectivity index (χ1) is 11.1. The van der Waals surface area contributed by atoms with Crippen LogP contribution in [0.25, 0.3) is 6.08 Å². The third-order valence-electron chi connectivity index (χ3n) is 5.50. The lowest BCUT2D eigenvalue weighted by atomic mass is 9.87. The quantitative estimate of drug-likeness (QED) is 0.776. The number of hydrogen-bond acceptors (Lipinski definition) is 4. The molecule has 4 unspecified atom stereocenters. The van der Waals surface area contributed by atoms with Gasteiger partial charge in [0.1, 0.15) is 0 Å². The van der Waals surface area contributed by atoms with E-state index in [1.165, 1.54) is 4.90 Å². The molecule has 3 aliphatic rings. The van der Waals surface area contributed by atoms with Crippen LogP contribution in [-0.2, 0) is 9.59 Å². The van der Waals surface area contributed by atoms with Crippen LogP contribution in [0.1, 0.15) is 24.2 Å². The average Bonchev–Trinajstić information content (AvgIpc) is 3.16. The van der Waals surface area contributed by atoms with Gasteiger partial charge in [-0.25, -0.2) is 0 Å². The predicted molar refractivity (Wildman–Crippen MR) is 86.3 cm³/mol. The molecule has 23 heavy (non-hydrogen) atoms. The highest BCUT2D eigenvalue weighted by Crippen LogP contribution is 2.46. The fourth-order valence-corrected chi connectivity index (χ4v) is 4.49. The van der Waals surface area contributed by atoms with Crippen LogP contribution in [0.5, 0.6) is 0 Å². The monoisotopic (exact) mass is 311 g/mol. The number of imide groups is 1. The fourth-order valence-electron chi connectivity index (χ4n) is 4.49. The van der Waals surface area contributed by atoms with Crippen LogP contribution in [0.3, 0.4) is 0 Å². The molecule has 2 amide bonds. The molecule has 1 aromatic heterocycles. The Morgan fingerprint density at radius 1 is 1.22 bits per heavy atom. The minimum absolute atomic E-state index is 0.00137. The molecule has 4 atom stereocenters. The standard InChI is InChI=1S/C18H21N3O2/c1-11-5-3-6-12(19-11)8-9-14-16-15(13-7-4-10-21(13)14)17(22)20(2)18(16)23/h3,5-6,8-9,13-16H,4,7,10H2,1-2H3. The number of carbonyl (C=O) groups excluding carboxylic acids is 2. The number of aromatic nitrogens is 1. The summed E-state index contributed by atoms with van der Waals surface area (Å²) in [6.45, 7) is 2.94. The van der Waals surface area contributed by atoms with Crippen molar-refractivity contribution in [1.82, 2.24) is 14.8 Å². The first kappa shape index (κ1) is 14.6. The van der Waals surface area contributed by atoms with Crippen LogP contribution >= 0.6 is 0 Å². The molecule has 0 aliphatic carbocycles. The molecule has 120 valence electrons. The number of nitrogens with zero attached hydrogens (tertiary/aromatic N) is 3. The number of fused-ring (bicyclic) bond motifs is 3. The van der Waals surface area contributed by atoms with Crippen molar-refractivity contribution >= 4 is 17.9 Å². The molecule has 5 heteroatoms. The van der Waals surface area contributed by atoms with Crippen LogP contribution in [-0.4, -0.2) is 52.3 Å². The number of amides is 2. The van der Waals surface area contributed by atoms with Crippen LogP contribution in [0.15, 0.2) is 24.3 Å². The number of pyridine rings is 1. The molecule has 0 N–H and O–H groups in total. The molecule has 4 rings (SSSR count). The Morgan fingerprint density at radius 2 is 2.00 bits per heavy atom. The van der Waals surface area contributed by atoms with E-state index in [4.69, 9.17) is 0 Å². The van der Waals surface area contributed by atoms with Crippen molar-refractivity contribution in [3.63, 3.8) is 0 Å². The first-order valence-corrected chi connectivity index (χ1v) is 8.27. The largest absolute Gasteiger partial charge is 0.292 e. The summed E-state index contributed by atoms with van der Waals surface area (Å²) < 4.78 is 0. The van der Waals surface area contributed by atoms with Gasteiger partial charge in [0.05, 0.1) is 17.5 Å². The van der Waals surface area contributed by atoms with Crippen LogP contribution < -0.4 is 0 Å². The molecule has 0 spiro atoms. The smallest absolute Gasteiger partial charge is 0.234 e. The molecule has 0 aromatic carbocycles. The molecule has 3 aliphatic heterocycles. The number of likely N-dealkylation sites (tertiary alicyclic amines) is 1. The Kier molecular flexibility index (Phi) is 3.34. The average molecular weight is 311 g/mol. The molecular formula is C18H21N3O2. The minimum Gasteiger partial charge on any atom is -0.292 e. The van der Waals surface area contributed by atoms with E-state index in [0.29, 0.717) is 0 Å². The van der Waals surface area contributed by atoms with Gasteiger partial charge >= 0.3 is 0 Å². The zero-order valence-electron chi connectivity index (χ0n) is 13.5. The lowest BCUT2D eigenvalue weighted by Crippen LogP contribution is -2.39. The lowest BCUT2D eigenvalue weighted by Gasteiger charge is -2.25. The molecule has 0 radical (unpaired) electrons. The number of hydrogen-bond donors (Lipinski definition) is 0. The van der Waals surface area contributed by atoms with Gasteiger partial charge in [-0.15, -0.1) is 0 Å². The molecule has 5 nitrogen and oxygen atoms in total. The number of rotatable bonds is 2. The Balaban J connectivity index is 1.67. The fraction of sp³-hybridized carbons (Fsp3) is 0.500. The van der Waals surface area contributed by atoms with Gasteiger partial charge in [0.2, 0.25) is 11.8 Å². The van der Waals surface area contributed by atoms with Crippen molar-refractivity contribution in [3.05, 3.63) is 35.7 Å². The third kappa shape index (κ3) is 2.14. The molecular weight excluding hydrogens is 290 g/mol. The molecule has 1 aromatic rings. The van der Waals surface area contributed by atoms with E-state index in [-0.39, 0.29) is 35.7 Å². The van der Waals surface area contributed by atoms with Gasteiger partial charge in [0.15, 0.2) is 0 Å². The summed E-state index contributed by atoms with van der Waals surface area (Å²) in [6.07, 6.45) is 6.19. The molecule has 3 fully saturated rings. The van der Waals surface area contributed by atoms with Gasteiger partial charge in [-0.1, -0.05) is 12.1 Å². The van der Waals surface area contributed by atoms with Gasteiger partial charge < -0.3 is 0 Å². The number of carbonyl (C=O) groups is 2. The third-order valence-corrected chi connectivity index (χ3v) is 5.50. The zero-order chi connectivity index (χ0) is 16.1. The first-order valence-electron chi connectivity index (χ1n) is 8.27. The van der Waals surface area contributed by atoms with Crippen LogP contribution in [0, 0.1) is 18.8 Å². The van der Waals surface area contributed by atoms with Crippen molar-refractivity contribution in [2.75, 3.05) is 13.6 Å². The predicted octanol–water partition coefficient (Wildman–Crippen LogP) is 1.48. The minimum atomic E-state index is -0.223. The van der Waals surface area contributed by atoms with E-state index in [2.05, 4.69) is 16.0 Å². The summed E-state index contributed by atoms with van der Waals surface area (Å²) in [7, 11) is 1.62.